The van der Waals surface area contributed by atoms with Gasteiger partial charge in [0.1, 0.15) is 11.8 Å². The maximum Gasteiger partial charge on any atom is 0.274 e. The summed E-state index contributed by atoms with van der Waals surface area (Å²) in [6, 6.07) is 1.76. The average Bonchev–Trinajstić information content (AvgIpc) is 3.28. The summed E-state index contributed by atoms with van der Waals surface area (Å²) in [5.74, 6) is 1.19. The molecule has 2 saturated heterocycles. The van der Waals surface area contributed by atoms with E-state index in [1.807, 2.05) is 11.9 Å². The smallest absolute Gasteiger partial charge is 0.274 e. The van der Waals surface area contributed by atoms with E-state index in [1.165, 1.54) is 0 Å². The first-order chi connectivity index (χ1) is 11.5. The van der Waals surface area contributed by atoms with Crippen LogP contribution in [0, 0.1) is 6.92 Å². The number of aromatic nitrogens is 4. The van der Waals surface area contributed by atoms with Crippen LogP contribution >= 0.6 is 0 Å². The summed E-state index contributed by atoms with van der Waals surface area (Å²) >= 11 is 0. The highest BCUT2D eigenvalue weighted by Crippen LogP contribution is 2.44. The SMILES string of the molecule is Cc1noc([C@@H]2CCC3(CCN(C(=O)c4ccn(C)n4)CC3)O2)n1. The van der Waals surface area contributed by atoms with Crippen LogP contribution < -0.4 is 0 Å². The summed E-state index contributed by atoms with van der Waals surface area (Å²) in [6.07, 6.45) is 5.17. The molecule has 2 aromatic heterocycles. The largest absolute Gasteiger partial charge is 0.362 e. The fourth-order valence-corrected chi connectivity index (χ4v) is 3.61. The van der Waals surface area contributed by atoms with Crippen molar-refractivity contribution in [3.8, 4) is 0 Å². The predicted octanol–water partition coefficient (Wildman–Crippen LogP) is 1.64. The summed E-state index contributed by atoms with van der Waals surface area (Å²) in [5, 5.41) is 8.03. The Hall–Kier alpha value is -2.22. The number of amides is 1. The van der Waals surface area contributed by atoms with Crippen molar-refractivity contribution in [2.75, 3.05) is 13.1 Å². The first-order valence-corrected chi connectivity index (χ1v) is 8.32. The molecule has 0 aromatic carbocycles. The minimum absolute atomic E-state index is 0.00692. The molecule has 2 aliphatic rings. The molecule has 0 N–H and O–H groups in total. The zero-order valence-electron chi connectivity index (χ0n) is 13.9. The number of ether oxygens (including phenoxy) is 1. The van der Waals surface area contributed by atoms with Gasteiger partial charge in [-0.2, -0.15) is 10.1 Å². The highest BCUT2D eigenvalue weighted by atomic mass is 16.5. The number of carbonyl (C=O) groups is 1. The molecular formula is C16H21N5O3. The van der Waals surface area contributed by atoms with E-state index in [2.05, 4.69) is 15.2 Å². The van der Waals surface area contributed by atoms with E-state index in [9.17, 15) is 4.79 Å². The monoisotopic (exact) mass is 331 g/mol. The van der Waals surface area contributed by atoms with Gasteiger partial charge in [-0.25, -0.2) is 0 Å². The van der Waals surface area contributed by atoms with Crippen LogP contribution in [-0.2, 0) is 11.8 Å². The van der Waals surface area contributed by atoms with Crippen LogP contribution in [0.1, 0.15) is 54.0 Å². The lowest BCUT2D eigenvalue weighted by Gasteiger charge is -2.38. The Morgan fingerprint density at radius 3 is 2.75 bits per heavy atom. The topological polar surface area (TPSA) is 86.3 Å². The Labute approximate surface area is 139 Å². The van der Waals surface area contributed by atoms with Gasteiger partial charge in [0.25, 0.3) is 11.8 Å². The third-order valence-electron chi connectivity index (χ3n) is 4.97. The minimum atomic E-state index is -0.173. The normalized spacial score (nSPS) is 23.1. The quantitative estimate of drug-likeness (QED) is 0.831. The molecule has 4 heterocycles. The van der Waals surface area contributed by atoms with Crippen LogP contribution in [0.25, 0.3) is 0 Å². The second-order valence-corrected chi connectivity index (χ2v) is 6.67. The Kier molecular flexibility index (Phi) is 3.64. The summed E-state index contributed by atoms with van der Waals surface area (Å²) in [5.41, 5.74) is 0.327. The third kappa shape index (κ3) is 2.71. The van der Waals surface area contributed by atoms with Gasteiger partial charge in [-0.05, 0) is 38.7 Å². The lowest BCUT2D eigenvalue weighted by atomic mass is 9.88. The number of carbonyl (C=O) groups excluding carboxylic acids is 1. The molecule has 0 bridgehead atoms. The van der Waals surface area contributed by atoms with Crippen LogP contribution in [0.5, 0.6) is 0 Å². The highest BCUT2D eigenvalue weighted by Gasteiger charge is 2.45. The van der Waals surface area contributed by atoms with Crippen LogP contribution in [0.2, 0.25) is 0 Å². The van der Waals surface area contributed by atoms with Gasteiger partial charge in [0.15, 0.2) is 5.82 Å². The molecule has 1 spiro atoms. The number of hydrogen-bond donors (Lipinski definition) is 0. The molecular weight excluding hydrogens is 310 g/mol. The molecule has 128 valence electrons. The summed E-state index contributed by atoms with van der Waals surface area (Å²) in [7, 11) is 1.81. The number of rotatable bonds is 2. The third-order valence-corrected chi connectivity index (χ3v) is 4.97. The standard InChI is InChI=1S/C16H21N5O3/c1-11-17-14(24-19-11)13-3-5-16(23-13)6-9-21(10-7-16)15(22)12-4-8-20(2)18-12/h4,8,13H,3,5-7,9-10H2,1-2H3/t13-/m0/s1. The summed E-state index contributed by atoms with van der Waals surface area (Å²) in [4.78, 5) is 18.6. The van der Waals surface area contributed by atoms with Gasteiger partial charge in [-0.1, -0.05) is 5.16 Å². The van der Waals surface area contributed by atoms with Gasteiger partial charge in [-0.3, -0.25) is 9.48 Å². The van der Waals surface area contributed by atoms with Crippen molar-refractivity contribution in [3.05, 3.63) is 29.7 Å². The van der Waals surface area contributed by atoms with Crippen molar-refractivity contribution in [2.24, 2.45) is 7.05 Å². The number of likely N-dealkylation sites (tertiary alicyclic amines) is 1. The van der Waals surface area contributed by atoms with Crippen molar-refractivity contribution < 1.29 is 14.1 Å². The maximum atomic E-state index is 12.5. The number of nitrogens with zero attached hydrogens (tertiary/aromatic N) is 5. The van der Waals surface area contributed by atoms with E-state index >= 15 is 0 Å². The molecule has 4 rings (SSSR count). The lowest BCUT2D eigenvalue weighted by molar-refractivity contribution is -0.0821. The van der Waals surface area contributed by atoms with Crippen molar-refractivity contribution in [3.63, 3.8) is 0 Å². The second kappa shape index (κ2) is 5.70. The fourth-order valence-electron chi connectivity index (χ4n) is 3.61. The van der Waals surface area contributed by atoms with Gasteiger partial charge < -0.3 is 14.2 Å². The molecule has 1 atom stereocenters. The summed E-state index contributed by atoms with van der Waals surface area (Å²) in [6.45, 7) is 3.18. The lowest BCUT2D eigenvalue weighted by Crippen LogP contribution is -2.46. The van der Waals surface area contributed by atoms with Crippen LogP contribution in [0.4, 0.5) is 0 Å². The summed E-state index contributed by atoms with van der Waals surface area (Å²) < 4.78 is 13.2. The second-order valence-electron chi connectivity index (χ2n) is 6.67. The van der Waals surface area contributed by atoms with Crippen molar-refractivity contribution in [1.82, 2.24) is 24.8 Å². The predicted molar refractivity (Wildman–Crippen MR) is 83.2 cm³/mol. The Morgan fingerprint density at radius 1 is 1.33 bits per heavy atom. The van der Waals surface area contributed by atoms with Gasteiger partial charge in [0.2, 0.25) is 0 Å². The molecule has 2 fully saturated rings. The van der Waals surface area contributed by atoms with E-state index in [4.69, 9.17) is 9.26 Å². The molecule has 0 saturated carbocycles. The Morgan fingerprint density at radius 2 is 2.12 bits per heavy atom. The first-order valence-electron chi connectivity index (χ1n) is 8.32. The van der Waals surface area contributed by atoms with E-state index < -0.39 is 0 Å². The van der Waals surface area contributed by atoms with Crippen molar-refractivity contribution >= 4 is 5.91 Å². The molecule has 0 unspecified atom stereocenters. The molecule has 1 amide bonds. The van der Waals surface area contributed by atoms with E-state index in [0.29, 0.717) is 30.5 Å². The molecule has 24 heavy (non-hydrogen) atoms. The van der Waals surface area contributed by atoms with Crippen molar-refractivity contribution in [1.29, 1.82) is 0 Å². The molecule has 0 aliphatic carbocycles. The van der Waals surface area contributed by atoms with Gasteiger partial charge in [-0.15, -0.1) is 0 Å². The molecule has 0 radical (unpaired) electrons. The van der Waals surface area contributed by atoms with Gasteiger partial charge in [0, 0.05) is 26.3 Å². The average molecular weight is 331 g/mol. The maximum absolute atomic E-state index is 12.5. The molecule has 8 heteroatoms. The van der Waals surface area contributed by atoms with E-state index in [-0.39, 0.29) is 17.6 Å². The van der Waals surface area contributed by atoms with Crippen LogP contribution in [0.15, 0.2) is 16.8 Å². The molecule has 2 aromatic rings. The molecule has 8 nitrogen and oxygen atoms in total. The van der Waals surface area contributed by atoms with E-state index in [0.717, 1.165) is 25.7 Å². The highest BCUT2D eigenvalue weighted by molar-refractivity contribution is 5.92. The number of piperidine rings is 1. The minimum Gasteiger partial charge on any atom is -0.362 e. The Bertz CT molecular complexity index is 744. The van der Waals surface area contributed by atoms with Crippen LogP contribution in [-0.4, -0.2) is 49.4 Å². The number of hydrogen-bond acceptors (Lipinski definition) is 6. The molecule has 2 aliphatic heterocycles. The van der Waals surface area contributed by atoms with Crippen molar-refractivity contribution in [2.45, 2.75) is 44.3 Å². The zero-order valence-corrected chi connectivity index (χ0v) is 13.9. The zero-order chi connectivity index (χ0) is 16.7. The van der Waals surface area contributed by atoms with Crippen LogP contribution in [0.3, 0.4) is 0 Å². The number of aryl methyl sites for hydroxylation is 2. The first kappa shape index (κ1) is 15.3. The fraction of sp³-hybridized carbons (Fsp3) is 0.625. The van der Waals surface area contributed by atoms with E-state index in [1.54, 1.807) is 23.9 Å². The Balaban J connectivity index is 1.38. The van der Waals surface area contributed by atoms with Gasteiger partial charge >= 0.3 is 0 Å². The van der Waals surface area contributed by atoms with Gasteiger partial charge in [0.05, 0.1) is 5.60 Å².